The number of carbonyl (C=O) groups excluding carboxylic acids is 2. The van der Waals surface area contributed by atoms with Gasteiger partial charge in [-0.1, -0.05) is 0 Å². The molecule has 0 atom stereocenters. The third kappa shape index (κ3) is 4.04. The molecule has 1 aliphatic carbocycles. The Labute approximate surface area is 181 Å². The molecule has 32 heavy (non-hydrogen) atoms. The lowest BCUT2D eigenvalue weighted by atomic mass is 9.87. The summed E-state index contributed by atoms with van der Waals surface area (Å²) in [6.07, 6.45) is 1.41. The maximum absolute atomic E-state index is 13.1. The smallest absolute Gasteiger partial charge is 0.433 e. The van der Waals surface area contributed by atoms with Gasteiger partial charge >= 0.3 is 6.18 Å². The zero-order valence-corrected chi connectivity index (χ0v) is 17.2. The van der Waals surface area contributed by atoms with Crippen molar-refractivity contribution in [3.8, 4) is 16.9 Å². The summed E-state index contributed by atoms with van der Waals surface area (Å²) >= 11 is 0. The molecule has 1 fully saturated rings. The van der Waals surface area contributed by atoms with E-state index in [0.29, 0.717) is 16.8 Å². The largest absolute Gasteiger partial charge is 0.496 e. The first-order chi connectivity index (χ1) is 15.2. The second-order valence-corrected chi connectivity index (χ2v) is 7.88. The molecule has 0 saturated heterocycles. The van der Waals surface area contributed by atoms with Crippen molar-refractivity contribution in [1.82, 2.24) is 14.8 Å². The van der Waals surface area contributed by atoms with Crippen LogP contribution in [0.4, 0.5) is 13.2 Å². The Balaban J connectivity index is 1.78. The second-order valence-electron chi connectivity index (χ2n) is 7.88. The van der Waals surface area contributed by atoms with Crippen LogP contribution in [-0.4, -0.2) is 34.1 Å². The first-order valence-electron chi connectivity index (χ1n) is 10.1. The maximum atomic E-state index is 13.1. The molecule has 2 N–H and O–H groups in total. The molecule has 10 heteroatoms. The second kappa shape index (κ2) is 8.25. The van der Waals surface area contributed by atoms with Crippen molar-refractivity contribution in [3.63, 3.8) is 0 Å². The first kappa shape index (κ1) is 21.8. The highest BCUT2D eigenvalue weighted by atomic mass is 19.4. The molecule has 3 aromatic rings. The van der Waals surface area contributed by atoms with Crippen LogP contribution in [0.3, 0.4) is 0 Å². The Bertz CT molecular complexity index is 1180. The molecule has 4 rings (SSSR count). The van der Waals surface area contributed by atoms with Crippen LogP contribution in [-0.2, 0) is 11.0 Å². The summed E-state index contributed by atoms with van der Waals surface area (Å²) in [5.41, 5.74) is 4.83. The molecule has 2 heterocycles. The molecule has 1 aliphatic rings. The maximum Gasteiger partial charge on any atom is 0.433 e. The lowest BCUT2D eigenvalue weighted by Crippen LogP contribution is -2.19. The van der Waals surface area contributed by atoms with Gasteiger partial charge in [0.25, 0.3) is 5.91 Å². The molecule has 0 radical (unpaired) electrons. The van der Waals surface area contributed by atoms with Gasteiger partial charge in [-0.25, -0.2) is 4.98 Å². The van der Waals surface area contributed by atoms with Gasteiger partial charge in [0.15, 0.2) is 0 Å². The minimum absolute atomic E-state index is 0.0855. The average molecular weight is 446 g/mol. The number of nitrogens with two attached hydrogens (primary N) is 1. The predicted molar refractivity (Wildman–Crippen MR) is 110 cm³/mol. The van der Waals surface area contributed by atoms with E-state index in [4.69, 9.17) is 10.5 Å². The fourth-order valence-electron chi connectivity index (χ4n) is 4.16. The van der Waals surface area contributed by atoms with Gasteiger partial charge in [0.2, 0.25) is 0 Å². The lowest BCUT2D eigenvalue weighted by Gasteiger charge is -2.25. The fourth-order valence-corrected chi connectivity index (χ4v) is 4.16. The number of primary amides is 1. The van der Waals surface area contributed by atoms with Crippen molar-refractivity contribution in [1.29, 1.82) is 0 Å². The molecule has 0 bridgehead atoms. The van der Waals surface area contributed by atoms with Crippen molar-refractivity contribution in [2.45, 2.75) is 37.9 Å². The molecule has 1 saturated carbocycles. The zero-order chi connectivity index (χ0) is 23.0. The van der Waals surface area contributed by atoms with Crippen LogP contribution in [0, 0.1) is 5.92 Å². The Hall–Kier alpha value is -3.43. The molecule has 2 aromatic heterocycles. The number of amides is 1. The number of methoxy groups -OCH3 is 1. The standard InChI is InChI=1S/C22H21F3N4O3/c1-32-18-9-17-13(10-29(28-17)14-4-2-12(11-30)3-5-14)8-16(18)15-6-7-19(22(23,24)25)27-20(15)21(26)31/h6-12,14H,2-5H2,1H3,(H2,26,31). The summed E-state index contributed by atoms with van der Waals surface area (Å²) in [5.74, 6) is -0.658. The summed E-state index contributed by atoms with van der Waals surface area (Å²) in [6, 6.07) is 5.50. The van der Waals surface area contributed by atoms with E-state index in [1.54, 1.807) is 12.1 Å². The first-order valence-corrected chi connectivity index (χ1v) is 10.1. The van der Waals surface area contributed by atoms with Crippen LogP contribution >= 0.6 is 0 Å². The zero-order valence-electron chi connectivity index (χ0n) is 17.2. The number of fused-ring (bicyclic) bond motifs is 1. The number of pyridine rings is 1. The summed E-state index contributed by atoms with van der Waals surface area (Å²) < 4.78 is 46.5. The number of alkyl halides is 3. The number of nitrogens with zero attached hydrogens (tertiary/aromatic N) is 3. The van der Waals surface area contributed by atoms with Gasteiger partial charge in [0.05, 0.1) is 18.7 Å². The molecule has 7 nitrogen and oxygen atoms in total. The van der Waals surface area contributed by atoms with E-state index in [9.17, 15) is 22.8 Å². The molecule has 0 aliphatic heterocycles. The third-order valence-electron chi connectivity index (χ3n) is 5.86. The SMILES string of the molecule is COc1cc2nn(C3CCC(C=O)CC3)cc2cc1-c1ccc(C(F)(F)F)nc1C(N)=O. The van der Waals surface area contributed by atoms with Gasteiger partial charge in [-0.3, -0.25) is 9.48 Å². The minimum atomic E-state index is -4.71. The predicted octanol–water partition coefficient (Wildman–Crippen LogP) is 4.15. The van der Waals surface area contributed by atoms with E-state index < -0.39 is 23.5 Å². The summed E-state index contributed by atoms with van der Waals surface area (Å²) in [4.78, 5) is 26.4. The fraction of sp³-hybridized carbons (Fsp3) is 0.364. The number of benzene rings is 1. The molecule has 1 amide bonds. The van der Waals surface area contributed by atoms with Gasteiger partial charge in [0.1, 0.15) is 23.4 Å². The minimum Gasteiger partial charge on any atom is -0.496 e. The van der Waals surface area contributed by atoms with Crippen LogP contribution in [0.25, 0.3) is 22.0 Å². The normalized spacial score (nSPS) is 19.1. The number of hydrogen-bond donors (Lipinski definition) is 1. The topological polar surface area (TPSA) is 100 Å². The summed E-state index contributed by atoms with van der Waals surface area (Å²) in [7, 11) is 1.42. The summed E-state index contributed by atoms with van der Waals surface area (Å²) in [6.45, 7) is 0. The Kier molecular flexibility index (Phi) is 5.62. The van der Waals surface area contributed by atoms with E-state index in [1.165, 1.54) is 13.2 Å². The molecular weight excluding hydrogens is 425 g/mol. The van der Waals surface area contributed by atoms with Crippen molar-refractivity contribution in [2.24, 2.45) is 11.7 Å². The molecule has 168 valence electrons. The molecule has 0 spiro atoms. The number of carbonyl (C=O) groups is 2. The Morgan fingerprint density at radius 1 is 1.19 bits per heavy atom. The number of hydrogen-bond acceptors (Lipinski definition) is 5. The quantitative estimate of drug-likeness (QED) is 0.594. The Morgan fingerprint density at radius 2 is 1.91 bits per heavy atom. The monoisotopic (exact) mass is 446 g/mol. The summed E-state index contributed by atoms with van der Waals surface area (Å²) in [5, 5.41) is 5.36. The van der Waals surface area contributed by atoms with Crippen LogP contribution in [0.15, 0.2) is 30.5 Å². The van der Waals surface area contributed by atoms with Crippen LogP contribution in [0.2, 0.25) is 0 Å². The van der Waals surface area contributed by atoms with Gasteiger partial charge in [-0.2, -0.15) is 18.3 Å². The number of ether oxygens (including phenoxy) is 1. The van der Waals surface area contributed by atoms with Gasteiger partial charge < -0.3 is 15.3 Å². The van der Waals surface area contributed by atoms with E-state index in [1.807, 2.05) is 10.9 Å². The van der Waals surface area contributed by atoms with Crippen LogP contribution in [0.1, 0.15) is 47.9 Å². The van der Waals surface area contributed by atoms with Crippen molar-refractivity contribution in [3.05, 3.63) is 41.9 Å². The van der Waals surface area contributed by atoms with Crippen molar-refractivity contribution in [2.75, 3.05) is 7.11 Å². The Morgan fingerprint density at radius 3 is 2.50 bits per heavy atom. The lowest BCUT2D eigenvalue weighted by molar-refractivity contribution is -0.141. The van der Waals surface area contributed by atoms with Gasteiger partial charge in [-0.15, -0.1) is 0 Å². The number of rotatable bonds is 5. The average Bonchev–Trinajstić information content (AvgIpc) is 3.20. The van der Waals surface area contributed by atoms with Crippen LogP contribution < -0.4 is 10.5 Å². The molecule has 0 unspecified atom stereocenters. The highest BCUT2D eigenvalue weighted by Gasteiger charge is 2.34. The van der Waals surface area contributed by atoms with Crippen LogP contribution in [0.5, 0.6) is 5.75 Å². The van der Waals surface area contributed by atoms with E-state index >= 15 is 0 Å². The molecule has 1 aromatic carbocycles. The van der Waals surface area contributed by atoms with E-state index in [0.717, 1.165) is 43.4 Å². The van der Waals surface area contributed by atoms with Crippen molar-refractivity contribution >= 4 is 23.1 Å². The van der Waals surface area contributed by atoms with Gasteiger partial charge in [0, 0.05) is 34.7 Å². The van der Waals surface area contributed by atoms with E-state index in [-0.39, 0.29) is 17.5 Å². The van der Waals surface area contributed by atoms with Crippen molar-refractivity contribution < 1.29 is 27.5 Å². The third-order valence-corrected chi connectivity index (χ3v) is 5.86. The molecular formula is C22H21F3N4O3. The highest BCUT2D eigenvalue weighted by Crippen LogP contribution is 2.38. The highest BCUT2D eigenvalue weighted by molar-refractivity contribution is 6.00. The van der Waals surface area contributed by atoms with Gasteiger partial charge in [-0.05, 0) is 43.9 Å². The number of aldehydes is 1. The van der Waals surface area contributed by atoms with E-state index in [2.05, 4.69) is 10.1 Å². The number of aromatic nitrogens is 3. The number of halogens is 3.